The molecule has 1 atom stereocenters. The second kappa shape index (κ2) is 7.50. The van der Waals surface area contributed by atoms with E-state index < -0.39 is 5.97 Å². The van der Waals surface area contributed by atoms with Gasteiger partial charge >= 0.3 is 5.97 Å². The normalized spacial score (nSPS) is 12.1. The van der Waals surface area contributed by atoms with Crippen molar-refractivity contribution >= 4 is 35.1 Å². The molecule has 0 saturated carbocycles. The van der Waals surface area contributed by atoms with Crippen LogP contribution in [-0.2, 0) is 9.53 Å². The van der Waals surface area contributed by atoms with Gasteiger partial charge in [-0.15, -0.1) is 0 Å². The largest absolute Gasteiger partial charge is 0.452 e. The van der Waals surface area contributed by atoms with Crippen LogP contribution in [0.4, 0.5) is 0 Å². The number of nitrogens with one attached hydrogen (secondary N) is 1. The number of hydrogen-bond acceptors (Lipinski definition) is 3. The first-order valence-electron chi connectivity index (χ1n) is 6.22. The van der Waals surface area contributed by atoms with Gasteiger partial charge < -0.3 is 10.1 Å². The zero-order valence-electron chi connectivity index (χ0n) is 11.6. The van der Waals surface area contributed by atoms with E-state index in [4.69, 9.17) is 27.9 Å². The molecular weight excluding hydrogens is 301 g/mol. The molecule has 0 spiro atoms. The summed E-state index contributed by atoms with van der Waals surface area (Å²) >= 11 is 11.6. The number of hydrogen-bond donors (Lipinski definition) is 1. The fourth-order valence-corrected chi connectivity index (χ4v) is 1.81. The summed E-state index contributed by atoms with van der Waals surface area (Å²) in [6.07, 6.45) is 0. The van der Waals surface area contributed by atoms with Crippen LogP contribution in [0.15, 0.2) is 18.2 Å². The molecule has 0 aromatic heterocycles. The Morgan fingerprint density at radius 2 is 1.90 bits per heavy atom. The van der Waals surface area contributed by atoms with E-state index in [-0.39, 0.29) is 29.1 Å². The third-order valence-corrected chi connectivity index (χ3v) is 3.42. The van der Waals surface area contributed by atoms with Gasteiger partial charge in [-0.05, 0) is 31.0 Å². The Morgan fingerprint density at radius 1 is 1.25 bits per heavy atom. The van der Waals surface area contributed by atoms with Gasteiger partial charge in [-0.2, -0.15) is 0 Å². The van der Waals surface area contributed by atoms with Gasteiger partial charge in [-0.3, -0.25) is 4.79 Å². The number of ether oxygens (including phenoxy) is 1. The van der Waals surface area contributed by atoms with Crippen molar-refractivity contribution < 1.29 is 14.3 Å². The highest BCUT2D eigenvalue weighted by Crippen LogP contribution is 2.21. The topological polar surface area (TPSA) is 55.4 Å². The highest BCUT2D eigenvalue weighted by Gasteiger charge is 2.15. The molecule has 1 rings (SSSR count). The van der Waals surface area contributed by atoms with E-state index in [2.05, 4.69) is 5.32 Å². The van der Waals surface area contributed by atoms with E-state index in [1.807, 2.05) is 20.8 Å². The zero-order chi connectivity index (χ0) is 15.3. The highest BCUT2D eigenvalue weighted by molar-refractivity contribution is 6.36. The summed E-state index contributed by atoms with van der Waals surface area (Å²) in [5.41, 5.74) is 0.181. The highest BCUT2D eigenvalue weighted by atomic mass is 35.5. The number of benzene rings is 1. The summed E-state index contributed by atoms with van der Waals surface area (Å²) in [5.74, 6) is -0.691. The first-order chi connectivity index (χ1) is 9.31. The molecule has 0 heterocycles. The molecule has 0 aliphatic carbocycles. The predicted molar refractivity (Wildman–Crippen MR) is 79.2 cm³/mol. The lowest BCUT2D eigenvalue weighted by molar-refractivity contribution is -0.125. The molecule has 1 amide bonds. The number of esters is 1. The molecule has 0 bridgehead atoms. The molecular formula is C14H17Cl2NO3. The smallest absolute Gasteiger partial charge is 0.340 e. The summed E-state index contributed by atoms with van der Waals surface area (Å²) in [6.45, 7) is 5.53. The molecule has 6 heteroatoms. The molecule has 1 aromatic carbocycles. The van der Waals surface area contributed by atoms with E-state index >= 15 is 0 Å². The second-order valence-corrected chi connectivity index (χ2v) is 5.64. The van der Waals surface area contributed by atoms with Gasteiger partial charge in [0, 0.05) is 11.1 Å². The van der Waals surface area contributed by atoms with Crippen molar-refractivity contribution in [1.82, 2.24) is 5.32 Å². The van der Waals surface area contributed by atoms with E-state index in [1.54, 1.807) is 0 Å². The molecule has 1 N–H and O–H groups in total. The molecule has 0 aliphatic heterocycles. The van der Waals surface area contributed by atoms with Crippen molar-refractivity contribution in [3.05, 3.63) is 33.8 Å². The van der Waals surface area contributed by atoms with Gasteiger partial charge in [0.05, 0.1) is 10.6 Å². The molecule has 0 saturated heterocycles. The van der Waals surface area contributed by atoms with E-state index in [1.165, 1.54) is 18.2 Å². The standard InChI is InChI=1S/C14H17Cl2NO3/c1-8(2)9(3)17-13(18)7-20-14(19)11-5-4-10(15)6-12(11)16/h4-6,8-9H,7H2,1-3H3,(H,17,18)/t9-/m0/s1. The average molecular weight is 318 g/mol. The van der Waals surface area contributed by atoms with E-state index in [0.29, 0.717) is 10.9 Å². The van der Waals surface area contributed by atoms with Crippen LogP contribution in [0.3, 0.4) is 0 Å². The quantitative estimate of drug-likeness (QED) is 0.848. The molecule has 20 heavy (non-hydrogen) atoms. The minimum Gasteiger partial charge on any atom is -0.452 e. The van der Waals surface area contributed by atoms with Crippen molar-refractivity contribution in [3.8, 4) is 0 Å². The number of carbonyl (C=O) groups is 2. The lowest BCUT2D eigenvalue weighted by Crippen LogP contribution is -2.38. The van der Waals surface area contributed by atoms with Crippen molar-refractivity contribution in [2.45, 2.75) is 26.8 Å². The maximum Gasteiger partial charge on any atom is 0.340 e. The maximum atomic E-state index is 11.8. The van der Waals surface area contributed by atoms with Crippen molar-refractivity contribution in [2.24, 2.45) is 5.92 Å². The van der Waals surface area contributed by atoms with Crippen LogP contribution in [0.2, 0.25) is 10.0 Å². The number of carbonyl (C=O) groups excluding carboxylic acids is 2. The van der Waals surface area contributed by atoms with Gasteiger partial charge in [0.1, 0.15) is 0 Å². The minimum absolute atomic E-state index is 0.0142. The summed E-state index contributed by atoms with van der Waals surface area (Å²) in [7, 11) is 0. The molecule has 0 aliphatic rings. The molecule has 110 valence electrons. The third kappa shape index (κ3) is 5.02. The van der Waals surface area contributed by atoms with Crippen LogP contribution < -0.4 is 5.32 Å². The van der Waals surface area contributed by atoms with Crippen molar-refractivity contribution in [1.29, 1.82) is 0 Å². The minimum atomic E-state index is -0.654. The number of rotatable bonds is 5. The Balaban J connectivity index is 2.53. The van der Waals surface area contributed by atoms with Crippen molar-refractivity contribution in [2.75, 3.05) is 6.61 Å². The molecule has 0 unspecified atom stereocenters. The summed E-state index contributed by atoms with van der Waals surface area (Å²) in [5, 5.41) is 3.36. The van der Waals surface area contributed by atoms with Gasteiger partial charge in [0.2, 0.25) is 0 Å². The Kier molecular flexibility index (Phi) is 6.30. The van der Waals surface area contributed by atoms with Crippen LogP contribution in [0.1, 0.15) is 31.1 Å². The Bertz CT molecular complexity index is 503. The number of halogens is 2. The van der Waals surface area contributed by atoms with Gasteiger partial charge in [-0.1, -0.05) is 37.0 Å². The van der Waals surface area contributed by atoms with Gasteiger partial charge in [0.25, 0.3) is 5.91 Å². The van der Waals surface area contributed by atoms with Crippen LogP contribution in [-0.4, -0.2) is 24.5 Å². The Morgan fingerprint density at radius 3 is 2.45 bits per heavy atom. The number of amides is 1. The Labute approximate surface area is 128 Å². The monoisotopic (exact) mass is 317 g/mol. The first-order valence-corrected chi connectivity index (χ1v) is 6.98. The van der Waals surface area contributed by atoms with Crippen LogP contribution in [0.5, 0.6) is 0 Å². The molecule has 1 aromatic rings. The van der Waals surface area contributed by atoms with Crippen LogP contribution in [0.25, 0.3) is 0 Å². The van der Waals surface area contributed by atoms with Gasteiger partial charge in [0.15, 0.2) is 6.61 Å². The average Bonchev–Trinajstić information content (AvgIpc) is 2.35. The lowest BCUT2D eigenvalue weighted by Gasteiger charge is -2.17. The summed E-state index contributed by atoms with van der Waals surface area (Å²) in [4.78, 5) is 23.4. The van der Waals surface area contributed by atoms with Crippen LogP contribution >= 0.6 is 23.2 Å². The van der Waals surface area contributed by atoms with Gasteiger partial charge in [-0.25, -0.2) is 4.79 Å². The predicted octanol–water partition coefficient (Wildman–Crippen LogP) is 3.31. The van der Waals surface area contributed by atoms with E-state index in [9.17, 15) is 9.59 Å². The lowest BCUT2D eigenvalue weighted by atomic mass is 10.1. The fraction of sp³-hybridized carbons (Fsp3) is 0.429. The Hall–Kier alpha value is -1.26. The summed E-state index contributed by atoms with van der Waals surface area (Å²) in [6, 6.07) is 4.45. The van der Waals surface area contributed by atoms with Crippen molar-refractivity contribution in [3.63, 3.8) is 0 Å². The fourth-order valence-electron chi connectivity index (χ4n) is 1.33. The van der Waals surface area contributed by atoms with Crippen LogP contribution in [0, 0.1) is 5.92 Å². The SMILES string of the molecule is CC(C)[C@H](C)NC(=O)COC(=O)c1ccc(Cl)cc1Cl. The van der Waals surface area contributed by atoms with E-state index in [0.717, 1.165) is 0 Å². The molecule has 0 fully saturated rings. The summed E-state index contributed by atoms with van der Waals surface area (Å²) < 4.78 is 4.91. The second-order valence-electron chi connectivity index (χ2n) is 4.80. The molecule has 4 nitrogen and oxygen atoms in total. The molecule has 0 radical (unpaired) electrons. The first kappa shape index (κ1) is 16.8. The zero-order valence-corrected chi connectivity index (χ0v) is 13.1. The maximum absolute atomic E-state index is 11.8. The third-order valence-electron chi connectivity index (χ3n) is 2.87.